The van der Waals surface area contributed by atoms with Crippen LogP contribution in [-0.2, 0) is 10.9 Å². The number of nitrogens with zero attached hydrogens (tertiary/aromatic N) is 2. The van der Waals surface area contributed by atoms with Crippen LogP contribution in [0.1, 0.15) is 40.4 Å². The number of rotatable bonds is 4. The molecule has 1 heterocycles. The second kappa shape index (κ2) is 6.64. The summed E-state index contributed by atoms with van der Waals surface area (Å²) in [5, 5.41) is 3.99. The quantitative estimate of drug-likeness (QED) is 0.612. The van der Waals surface area contributed by atoms with Gasteiger partial charge in [-0.05, 0) is 38.1 Å². The fourth-order valence-electron chi connectivity index (χ4n) is 2.12. The molecule has 0 fully saturated rings. The molecule has 1 aromatic carbocycles. The summed E-state index contributed by atoms with van der Waals surface area (Å²) >= 11 is 5.73. The van der Waals surface area contributed by atoms with Crippen LogP contribution >= 0.6 is 11.6 Å². The van der Waals surface area contributed by atoms with Gasteiger partial charge in [-0.2, -0.15) is 18.3 Å². The van der Waals surface area contributed by atoms with Gasteiger partial charge in [0, 0.05) is 5.02 Å². The van der Waals surface area contributed by atoms with Crippen molar-refractivity contribution >= 4 is 23.4 Å². The molecule has 0 radical (unpaired) electrons. The molecule has 0 unspecified atom stereocenters. The second-order valence-corrected chi connectivity index (χ2v) is 5.17. The number of aromatic nitrogens is 2. The van der Waals surface area contributed by atoms with Crippen molar-refractivity contribution in [1.29, 1.82) is 0 Å². The first-order valence-corrected chi connectivity index (χ1v) is 7.18. The highest BCUT2D eigenvalue weighted by Crippen LogP contribution is 2.36. The topological polar surface area (TPSA) is 61.2 Å². The summed E-state index contributed by atoms with van der Waals surface area (Å²) < 4.78 is 45.7. The minimum absolute atomic E-state index is 0.00442. The van der Waals surface area contributed by atoms with Gasteiger partial charge in [-0.25, -0.2) is 9.48 Å². The number of hydrogen-bond donors (Lipinski definition) is 0. The van der Waals surface area contributed by atoms with Crippen LogP contribution in [0.3, 0.4) is 0 Å². The molecule has 0 saturated heterocycles. The van der Waals surface area contributed by atoms with Crippen LogP contribution in [0.25, 0.3) is 5.69 Å². The number of ketones is 1. The largest absolute Gasteiger partial charge is 0.461 e. The van der Waals surface area contributed by atoms with E-state index in [0.29, 0.717) is 9.70 Å². The standard InChI is InChI=1S/C15H12ClF3N2O3/c1-3-24-14(23)12-11(8(2)22)13(15(17,18)19)21(20-12)10-6-4-9(16)5-7-10/h4-7H,3H2,1-2H3. The maximum absolute atomic E-state index is 13.5. The van der Waals surface area contributed by atoms with Gasteiger partial charge in [0.1, 0.15) is 0 Å². The number of carbonyl (C=O) groups is 2. The van der Waals surface area contributed by atoms with Crippen molar-refractivity contribution < 1.29 is 27.5 Å². The predicted octanol–water partition coefficient (Wildman–Crippen LogP) is 3.92. The molecule has 1 aromatic heterocycles. The molecule has 0 aliphatic heterocycles. The Labute approximate surface area is 140 Å². The van der Waals surface area contributed by atoms with E-state index in [0.717, 1.165) is 6.92 Å². The number of halogens is 4. The monoisotopic (exact) mass is 360 g/mol. The molecule has 0 amide bonds. The van der Waals surface area contributed by atoms with Gasteiger partial charge in [0.05, 0.1) is 17.9 Å². The van der Waals surface area contributed by atoms with Gasteiger partial charge < -0.3 is 4.74 Å². The Balaban J connectivity index is 2.78. The maximum atomic E-state index is 13.5. The summed E-state index contributed by atoms with van der Waals surface area (Å²) in [5.74, 6) is -2.04. The zero-order chi connectivity index (χ0) is 18.1. The number of alkyl halides is 3. The molecule has 0 atom stereocenters. The molecule has 2 aromatic rings. The number of esters is 1. The molecule has 0 saturated carbocycles. The molecule has 24 heavy (non-hydrogen) atoms. The second-order valence-electron chi connectivity index (χ2n) is 4.73. The number of hydrogen-bond acceptors (Lipinski definition) is 4. The van der Waals surface area contributed by atoms with Crippen LogP contribution in [0.2, 0.25) is 5.02 Å². The molecule has 0 N–H and O–H groups in total. The van der Waals surface area contributed by atoms with Gasteiger partial charge in [0.15, 0.2) is 17.2 Å². The third kappa shape index (κ3) is 3.43. The number of Topliss-reactive ketones (excluding diaryl/α,β-unsaturated/α-hetero) is 1. The first kappa shape index (κ1) is 18.0. The van der Waals surface area contributed by atoms with Crippen molar-refractivity contribution in [2.24, 2.45) is 0 Å². The van der Waals surface area contributed by atoms with Crippen molar-refractivity contribution in [2.45, 2.75) is 20.0 Å². The van der Waals surface area contributed by atoms with Crippen LogP contribution in [0.15, 0.2) is 24.3 Å². The SMILES string of the molecule is CCOC(=O)c1nn(-c2ccc(Cl)cc2)c(C(F)(F)F)c1C(C)=O. The first-order valence-electron chi connectivity index (χ1n) is 6.81. The van der Waals surface area contributed by atoms with E-state index in [2.05, 4.69) is 5.10 Å². The van der Waals surface area contributed by atoms with Crippen LogP contribution < -0.4 is 0 Å². The predicted molar refractivity (Wildman–Crippen MR) is 79.5 cm³/mol. The smallest absolute Gasteiger partial charge is 0.434 e. The van der Waals surface area contributed by atoms with E-state index in [9.17, 15) is 22.8 Å². The number of ether oxygens (including phenoxy) is 1. The lowest BCUT2D eigenvalue weighted by atomic mass is 10.1. The number of benzene rings is 1. The van der Waals surface area contributed by atoms with Crippen LogP contribution in [0.4, 0.5) is 13.2 Å². The highest BCUT2D eigenvalue weighted by atomic mass is 35.5. The fraction of sp³-hybridized carbons (Fsp3) is 0.267. The Morgan fingerprint density at radius 1 is 1.25 bits per heavy atom. The fourth-order valence-corrected chi connectivity index (χ4v) is 2.25. The molecule has 0 spiro atoms. The molecular formula is C15H12ClF3N2O3. The maximum Gasteiger partial charge on any atom is 0.434 e. The Kier molecular flexibility index (Phi) is 4.98. The van der Waals surface area contributed by atoms with E-state index in [1.54, 1.807) is 0 Å². The molecule has 0 aliphatic rings. The normalized spacial score (nSPS) is 11.4. The van der Waals surface area contributed by atoms with Crippen LogP contribution in [-0.4, -0.2) is 28.1 Å². The molecular weight excluding hydrogens is 349 g/mol. The molecule has 9 heteroatoms. The minimum Gasteiger partial charge on any atom is -0.461 e. The summed E-state index contributed by atoms with van der Waals surface area (Å²) in [5.41, 5.74) is -2.83. The lowest BCUT2D eigenvalue weighted by Crippen LogP contribution is -2.17. The molecule has 0 aliphatic carbocycles. The molecule has 2 rings (SSSR count). The van der Waals surface area contributed by atoms with Gasteiger partial charge in [0.25, 0.3) is 0 Å². The summed E-state index contributed by atoms with van der Waals surface area (Å²) in [6, 6.07) is 5.33. The van der Waals surface area contributed by atoms with E-state index >= 15 is 0 Å². The molecule has 0 bridgehead atoms. The van der Waals surface area contributed by atoms with E-state index < -0.39 is 34.9 Å². The summed E-state index contributed by atoms with van der Waals surface area (Å²) in [4.78, 5) is 23.7. The van der Waals surface area contributed by atoms with E-state index in [1.165, 1.54) is 31.2 Å². The average Bonchev–Trinajstić information content (AvgIpc) is 2.89. The Morgan fingerprint density at radius 2 is 1.83 bits per heavy atom. The van der Waals surface area contributed by atoms with Crippen LogP contribution in [0, 0.1) is 0 Å². The third-order valence-corrected chi connectivity index (χ3v) is 3.30. The van der Waals surface area contributed by atoms with Crippen molar-refractivity contribution in [1.82, 2.24) is 9.78 Å². The van der Waals surface area contributed by atoms with Crippen molar-refractivity contribution in [3.05, 3.63) is 46.2 Å². The van der Waals surface area contributed by atoms with Gasteiger partial charge in [-0.3, -0.25) is 4.79 Å². The highest BCUT2D eigenvalue weighted by Gasteiger charge is 2.43. The van der Waals surface area contributed by atoms with Crippen molar-refractivity contribution in [3.8, 4) is 5.69 Å². The summed E-state index contributed by atoms with van der Waals surface area (Å²) in [7, 11) is 0. The zero-order valence-electron chi connectivity index (χ0n) is 12.6. The van der Waals surface area contributed by atoms with Gasteiger partial charge in [0.2, 0.25) is 0 Å². The summed E-state index contributed by atoms with van der Waals surface area (Å²) in [6.45, 7) is 2.36. The van der Waals surface area contributed by atoms with E-state index in [4.69, 9.17) is 16.3 Å². The Hall–Kier alpha value is -2.35. The van der Waals surface area contributed by atoms with E-state index in [-0.39, 0.29) is 12.3 Å². The molecule has 5 nitrogen and oxygen atoms in total. The summed E-state index contributed by atoms with van der Waals surface area (Å²) in [6.07, 6.45) is -4.90. The van der Waals surface area contributed by atoms with Gasteiger partial charge >= 0.3 is 12.1 Å². The minimum atomic E-state index is -4.90. The zero-order valence-corrected chi connectivity index (χ0v) is 13.4. The lowest BCUT2D eigenvalue weighted by molar-refractivity contribution is -0.143. The first-order chi connectivity index (χ1) is 11.2. The Bertz CT molecular complexity index is 782. The third-order valence-electron chi connectivity index (χ3n) is 3.05. The molecule has 128 valence electrons. The van der Waals surface area contributed by atoms with Crippen LogP contribution in [0.5, 0.6) is 0 Å². The van der Waals surface area contributed by atoms with E-state index in [1.807, 2.05) is 0 Å². The van der Waals surface area contributed by atoms with Crippen molar-refractivity contribution in [3.63, 3.8) is 0 Å². The lowest BCUT2D eigenvalue weighted by Gasteiger charge is -2.11. The van der Waals surface area contributed by atoms with Gasteiger partial charge in [-0.15, -0.1) is 0 Å². The number of carbonyl (C=O) groups excluding carboxylic acids is 2. The Morgan fingerprint density at radius 3 is 2.29 bits per heavy atom. The van der Waals surface area contributed by atoms with Gasteiger partial charge in [-0.1, -0.05) is 11.6 Å². The highest BCUT2D eigenvalue weighted by molar-refractivity contribution is 6.30. The average molecular weight is 361 g/mol. The van der Waals surface area contributed by atoms with Crippen molar-refractivity contribution in [2.75, 3.05) is 6.61 Å².